The molecule has 16 heteroatoms. The zero-order valence-corrected chi connectivity index (χ0v) is 22.3. The van der Waals surface area contributed by atoms with Crippen LogP contribution < -0.4 is 10.6 Å². The Balaban J connectivity index is 0.000000371. The van der Waals surface area contributed by atoms with Crippen molar-refractivity contribution in [2.24, 2.45) is 0 Å². The molecular formula is C21H22Cl4N4O8. The van der Waals surface area contributed by atoms with Crippen molar-refractivity contribution in [2.75, 3.05) is 42.6 Å². The van der Waals surface area contributed by atoms with Crippen LogP contribution in [0.15, 0.2) is 24.3 Å². The normalized spacial score (nSPS) is 10.1. The lowest BCUT2D eigenvalue weighted by Crippen LogP contribution is -2.12. The first kappa shape index (κ1) is 32.0. The van der Waals surface area contributed by atoms with Gasteiger partial charge in [0.1, 0.15) is 21.4 Å². The zero-order valence-electron chi connectivity index (χ0n) is 19.3. The van der Waals surface area contributed by atoms with E-state index in [1.165, 1.54) is 31.4 Å². The largest absolute Gasteiger partial charge is 0.478 e. The smallest absolute Gasteiger partial charge is 0.340 e. The van der Waals surface area contributed by atoms with Gasteiger partial charge in [0.15, 0.2) is 0 Å². The number of halogens is 4. The standard InChI is InChI=1S/C11H12Cl2N2O4.C10H10Cl2N2O4/c1-19-11(16)7-3-4-8(13)10(15(17)18)9(7)14-6-2-5-12;11-4-1-5-13-8-6(10(15)16)2-3-7(12)9(8)14(17)18/h3-4,14H,2,5-6H2,1H3;2-3,13H,1,4-5H2,(H,15,16). The van der Waals surface area contributed by atoms with E-state index in [4.69, 9.17) is 51.5 Å². The molecule has 3 N–H and O–H groups in total. The number of carboxylic acids is 1. The third-order valence-corrected chi connectivity index (χ3v) is 5.63. The molecule has 0 bridgehead atoms. The monoisotopic (exact) mass is 598 g/mol. The van der Waals surface area contributed by atoms with E-state index in [1.807, 2.05) is 0 Å². The Hall–Kier alpha value is -3.06. The van der Waals surface area contributed by atoms with E-state index < -0.39 is 27.5 Å². The van der Waals surface area contributed by atoms with Crippen LogP contribution in [-0.4, -0.2) is 58.9 Å². The van der Waals surface area contributed by atoms with Gasteiger partial charge >= 0.3 is 23.3 Å². The van der Waals surface area contributed by atoms with Crippen LogP contribution in [0.1, 0.15) is 33.6 Å². The van der Waals surface area contributed by atoms with E-state index in [-0.39, 0.29) is 38.2 Å². The maximum Gasteiger partial charge on any atom is 0.340 e. The number of benzene rings is 2. The highest BCUT2D eigenvalue weighted by Gasteiger charge is 2.26. The number of carbonyl (C=O) groups excluding carboxylic acids is 1. The molecule has 0 aromatic heterocycles. The lowest BCUT2D eigenvalue weighted by atomic mass is 10.1. The number of hydrogen-bond acceptors (Lipinski definition) is 9. The van der Waals surface area contributed by atoms with Crippen molar-refractivity contribution in [1.82, 2.24) is 0 Å². The molecule has 2 aromatic rings. The molecule has 2 rings (SSSR count). The Bertz CT molecular complexity index is 1150. The molecular weight excluding hydrogens is 578 g/mol. The second-order valence-corrected chi connectivity index (χ2v) is 8.46. The van der Waals surface area contributed by atoms with Gasteiger partial charge in [0.05, 0.1) is 28.1 Å². The molecule has 0 spiro atoms. The van der Waals surface area contributed by atoms with Crippen LogP contribution in [0.3, 0.4) is 0 Å². The minimum atomic E-state index is -1.26. The third kappa shape index (κ3) is 9.08. The quantitative estimate of drug-likeness (QED) is 0.0854. The first-order chi connectivity index (χ1) is 17.5. The van der Waals surface area contributed by atoms with Gasteiger partial charge < -0.3 is 20.5 Å². The topological polar surface area (TPSA) is 174 Å². The van der Waals surface area contributed by atoms with E-state index in [1.54, 1.807) is 0 Å². The van der Waals surface area contributed by atoms with E-state index in [0.717, 1.165) is 0 Å². The molecule has 37 heavy (non-hydrogen) atoms. The minimum Gasteiger partial charge on any atom is -0.478 e. The Morgan fingerprint density at radius 2 is 1.27 bits per heavy atom. The van der Waals surface area contributed by atoms with E-state index in [2.05, 4.69) is 15.4 Å². The van der Waals surface area contributed by atoms with Crippen LogP contribution >= 0.6 is 46.4 Å². The summed E-state index contributed by atoms with van der Waals surface area (Å²) in [5, 5.41) is 36.3. The lowest BCUT2D eigenvalue weighted by molar-refractivity contribution is -0.383. The van der Waals surface area contributed by atoms with Crippen LogP contribution in [0.25, 0.3) is 0 Å². The number of nitro groups is 2. The van der Waals surface area contributed by atoms with Gasteiger partial charge in [0.2, 0.25) is 0 Å². The highest BCUT2D eigenvalue weighted by atomic mass is 35.5. The van der Waals surface area contributed by atoms with E-state index in [9.17, 15) is 29.8 Å². The molecule has 0 fully saturated rings. The maximum absolute atomic E-state index is 11.6. The highest BCUT2D eigenvalue weighted by molar-refractivity contribution is 6.34. The Morgan fingerprint density at radius 1 is 0.865 bits per heavy atom. The number of methoxy groups -OCH3 is 1. The number of nitro benzene ring substituents is 2. The molecule has 12 nitrogen and oxygen atoms in total. The predicted octanol–water partition coefficient (Wildman–Crippen LogP) is 6.06. The number of aromatic carboxylic acids is 1. The number of esters is 1. The molecule has 0 unspecified atom stereocenters. The molecule has 0 amide bonds. The van der Waals surface area contributed by atoms with Crippen molar-refractivity contribution < 1.29 is 29.3 Å². The Labute approximate surface area is 231 Å². The summed E-state index contributed by atoms with van der Waals surface area (Å²) < 4.78 is 4.59. The third-order valence-electron chi connectivity index (χ3n) is 4.48. The number of alkyl halides is 2. The van der Waals surface area contributed by atoms with Gasteiger partial charge in [-0.15, -0.1) is 23.2 Å². The van der Waals surface area contributed by atoms with Crippen molar-refractivity contribution in [1.29, 1.82) is 0 Å². The SMILES string of the molecule is COC(=O)c1ccc(Cl)c([N+](=O)[O-])c1NCCCCl.O=C(O)c1ccc(Cl)c([N+](=O)[O-])c1NCCCCl. The molecule has 2 aromatic carbocycles. The van der Waals surface area contributed by atoms with Crippen LogP contribution in [0.4, 0.5) is 22.7 Å². The summed E-state index contributed by atoms with van der Waals surface area (Å²) in [6.45, 7) is 0.708. The Morgan fingerprint density at radius 3 is 1.62 bits per heavy atom. The average Bonchev–Trinajstić information content (AvgIpc) is 2.83. The van der Waals surface area contributed by atoms with Crippen molar-refractivity contribution >= 4 is 81.1 Å². The fraction of sp³-hybridized carbons (Fsp3) is 0.333. The summed E-state index contributed by atoms with van der Waals surface area (Å²) in [6, 6.07) is 5.08. The minimum absolute atomic E-state index is 0.0500. The van der Waals surface area contributed by atoms with Crippen molar-refractivity contribution in [2.45, 2.75) is 12.8 Å². The number of carboxylic acid groups (broad SMARTS) is 1. The van der Waals surface area contributed by atoms with Crippen LogP contribution in [0.5, 0.6) is 0 Å². The molecule has 0 aliphatic heterocycles. The van der Waals surface area contributed by atoms with E-state index in [0.29, 0.717) is 37.7 Å². The van der Waals surface area contributed by atoms with Gasteiger partial charge in [-0.05, 0) is 37.1 Å². The van der Waals surface area contributed by atoms with Gasteiger partial charge in [-0.1, -0.05) is 23.2 Å². The summed E-state index contributed by atoms with van der Waals surface area (Å²) >= 11 is 22.5. The molecule has 0 atom stereocenters. The Kier molecular flexibility index (Phi) is 13.8. The maximum atomic E-state index is 11.6. The number of ether oxygens (including phenoxy) is 1. The van der Waals surface area contributed by atoms with Gasteiger partial charge in [-0.2, -0.15) is 0 Å². The van der Waals surface area contributed by atoms with Crippen LogP contribution in [0, 0.1) is 20.2 Å². The second-order valence-electron chi connectivity index (χ2n) is 6.89. The fourth-order valence-electron chi connectivity index (χ4n) is 2.87. The summed E-state index contributed by atoms with van der Waals surface area (Å²) in [4.78, 5) is 43.2. The molecule has 0 radical (unpaired) electrons. The zero-order chi connectivity index (χ0) is 28.1. The van der Waals surface area contributed by atoms with E-state index >= 15 is 0 Å². The molecule has 202 valence electrons. The van der Waals surface area contributed by atoms with Gasteiger partial charge in [0, 0.05) is 24.8 Å². The molecule has 0 saturated carbocycles. The number of carbonyl (C=O) groups is 2. The summed E-state index contributed by atoms with van der Waals surface area (Å²) in [6.07, 6.45) is 1.14. The molecule has 0 aliphatic rings. The number of rotatable bonds is 12. The summed E-state index contributed by atoms with van der Waals surface area (Å²) in [5.74, 6) is -1.17. The van der Waals surface area contributed by atoms with Crippen LogP contribution in [0.2, 0.25) is 10.0 Å². The van der Waals surface area contributed by atoms with Crippen molar-refractivity contribution in [3.05, 3.63) is 65.7 Å². The van der Waals surface area contributed by atoms with Crippen LogP contribution in [-0.2, 0) is 4.74 Å². The second kappa shape index (κ2) is 15.9. The molecule has 0 heterocycles. The summed E-state index contributed by atoms with van der Waals surface area (Å²) in [5.41, 5.74) is -0.960. The van der Waals surface area contributed by atoms with Gasteiger partial charge in [-0.3, -0.25) is 20.2 Å². The van der Waals surface area contributed by atoms with Crippen molar-refractivity contribution in [3.8, 4) is 0 Å². The number of hydrogen-bond donors (Lipinski definition) is 3. The van der Waals surface area contributed by atoms with Gasteiger partial charge in [0.25, 0.3) is 0 Å². The first-order valence-electron chi connectivity index (χ1n) is 10.4. The first-order valence-corrected chi connectivity index (χ1v) is 12.2. The lowest BCUT2D eigenvalue weighted by Gasteiger charge is -2.11. The molecule has 0 aliphatic carbocycles. The summed E-state index contributed by atoms with van der Waals surface area (Å²) in [7, 11) is 1.20. The number of nitrogens with one attached hydrogen (secondary N) is 2. The number of nitrogens with zero attached hydrogens (tertiary/aromatic N) is 2. The van der Waals surface area contributed by atoms with Gasteiger partial charge in [-0.25, -0.2) is 9.59 Å². The predicted molar refractivity (Wildman–Crippen MR) is 142 cm³/mol. The average molecular weight is 600 g/mol. The fourth-order valence-corrected chi connectivity index (χ4v) is 3.59. The highest BCUT2D eigenvalue weighted by Crippen LogP contribution is 2.37. The van der Waals surface area contributed by atoms with Crippen molar-refractivity contribution in [3.63, 3.8) is 0 Å². The molecule has 0 saturated heterocycles. The number of anilines is 2.